The van der Waals surface area contributed by atoms with Crippen LogP contribution in [0.3, 0.4) is 0 Å². The van der Waals surface area contributed by atoms with Crippen LogP contribution in [0.4, 0.5) is 0 Å². The van der Waals surface area contributed by atoms with Crippen LogP contribution >= 0.6 is 11.6 Å². The molecule has 1 aromatic heterocycles. The molecule has 0 aliphatic rings. The Labute approximate surface area is 143 Å². The quantitative estimate of drug-likeness (QED) is 0.746. The number of carbonyl (C=O) groups excluding carboxylic acids is 1. The highest BCUT2D eigenvalue weighted by atomic mass is 35.5. The van der Waals surface area contributed by atoms with Gasteiger partial charge in [-0.2, -0.15) is 15.4 Å². The van der Waals surface area contributed by atoms with Crippen molar-refractivity contribution in [1.82, 2.24) is 20.7 Å². The Morgan fingerprint density at radius 2 is 1.92 bits per heavy atom. The number of carbonyl (C=O) groups is 1. The molecule has 3 aromatic rings. The number of H-pyrrole nitrogens is 1. The number of aromatic nitrogens is 3. The number of aromatic amines is 1. The number of nitrogens with zero attached hydrogens (tertiary/aromatic N) is 2. The van der Waals surface area contributed by atoms with Crippen molar-refractivity contribution in [2.45, 2.75) is 6.54 Å². The molecule has 0 aliphatic carbocycles. The van der Waals surface area contributed by atoms with Gasteiger partial charge in [0.1, 0.15) is 11.4 Å². The molecule has 0 atom stereocenters. The average molecular weight is 343 g/mol. The van der Waals surface area contributed by atoms with Crippen molar-refractivity contribution in [3.05, 3.63) is 64.8 Å². The number of amides is 1. The molecule has 2 N–H and O–H groups in total. The van der Waals surface area contributed by atoms with Gasteiger partial charge in [-0.25, -0.2) is 0 Å². The molecule has 24 heavy (non-hydrogen) atoms. The Bertz CT molecular complexity index is 846. The number of methoxy groups -OCH3 is 1. The van der Waals surface area contributed by atoms with Crippen LogP contribution in [-0.4, -0.2) is 28.4 Å². The second-order valence-electron chi connectivity index (χ2n) is 5.02. The van der Waals surface area contributed by atoms with Crippen molar-refractivity contribution in [2.75, 3.05) is 7.11 Å². The Morgan fingerprint density at radius 1 is 1.17 bits per heavy atom. The third-order valence-corrected chi connectivity index (χ3v) is 3.89. The minimum atomic E-state index is -0.325. The van der Waals surface area contributed by atoms with Gasteiger partial charge >= 0.3 is 0 Å². The van der Waals surface area contributed by atoms with E-state index in [9.17, 15) is 4.79 Å². The van der Waals surface area contributed by atoms with E-state index < -0.39 is 0 Å². The van der Waals surface area contributed by atoms with Gasteiger partial charge in [0.15, 0.2) is 5.69 Å². The van der Waals surface area contributed by atoms with E-state index in [1.807, 2.05) is 30.3 Å². The van der Waals surface area contributed by atoms with E-state index in [2.05, 4.69) is 20.7 Å². The summed E-state index contributed by atoms with van der Waals surface area (Å²) in [4.78, 5) is 12.4. The molecule has 2 aromatic carbocycles. The number of ether oxygens (including phenoxy) is 1. The highest BCUT2D eigenvalue weighted by Crippen LogP contribution is 2.22. The van der Waals surface area contributed by atoms with E-state index in [-0.39, 0.29) is 11.6 Å². The molecule has 0 saturated heterocycles. The number of benzene rings is 2. The van der Waals surface area contributed by atoms with Crippen LogP contribution in [-0.2, 0) is 6.54 Å². The molecule has 1 heterocycles. The van der Waals surface area contributed by atoms with E-state index in [4.69, 9.17) is 16.3 Å². The standard InChI is InChI=1S/C17H15ClN4O2/c1-24-13-8-6-11(7-9-13)15-16(21-22-20-15)17(23)19-10-12-4-2-3-5-14(12)18/h2-9H,10H2,1H3,(H,19,23)(H,20,21,22). The van der Waals surface area contributed by atoms with Crippen LogP contribution in [0.1, 0.15) is 16.1 Å². The first-order valence-corrected chi connectivity index (χ1v) is 7.63. The van der Waals surface area contributed by atoms with Crippen molar-refractivity contribution >= 4 is 17.5 Å². The molecular weight excluding hydrogens is 328 g/mol. The van der Waals surface area contributed by atoms with E-state index in [0.29, 0.717) is 17.3 Å². The molecule has 0 unspecified atom stereocenters. The smallest absolute Gasteiger partial charge is 0.274 e. The highest BCUT2D eigenvalue weighted by molar-refractivity contribution is 6.31. The maximum Gasteiger partial charge on any atom is 0.274 e. The normalized spacial score (nSPS) is 10.4. The summed E-state index contributed by atoms with van der Waals surface area (Å²) >= 11 is 6.09. The summed E-state index contributed by atoms with van der Waals surface area (Å²) in [5.74, 6) is 0.404. The summed E-state index contributed by atoms with van der Waals surface area (Å²) in [5, 5.41) is 13.9. The molecule has 0 saturated carbocycles. The summed E-state index contributed by atoms with van der Waals surface area (Å²) in [6.45, 7) is 0.313. The lowest BCUT2D eigenvalue weighted by molar-refractivity contribution is 0.0946. The van der Waals surface area contributed by atoms with Gasteiger partial charge in [-0.05, 0) is 35.9 Å². The molecule has 0 aliphatic heterocycles. The molecule has 0 fully saturated rings. The minimum absolute atomic E-state index is 0.229. The summed E-state index contributed by atoms with van der Waals surface area (Å²) in [6.07, 6.45) is 0. The monoisotopic (exact) mass is 342 g/mol. The number of hydrogen-bond acceptors (Lipinski definition) is 4. The van der Waals surface area contributed by atoms with Gasteiger partial charge in [-0.15, -0.1) is 0 Å². The largest absolute Gasteiger partial charge is 0.497 e. The summed E-state index contributed by atoms with van der Waals surface area (Å²) in [7, 11) is 1.60. The van der Waals surface area contributed by atoms with Crippen LogP contribution in [0.2, 0.25) is 5.02 Å². The van der Waals surface area contributed by atoms with E-state index in [0.717, 1.165) is 16.9 Å². The zero-order valence-electron chi connectivity index (χ0n) is 12.9. The lowest BCUT2D eigenvalue weighted by Gasteiger charge is -2.06. The van der Waals surface area contributed by atoms with Crippen molar-refractivity contribution in [2.24, 2.45) is 0 Å². The third kappa shape index (κ3) is 3.38. The van der Waals surface area contributed by atoms with Crippen LogP contribution in [0, 0.1) is 0 Å². The number of halogens is 1. The number of rotatable bonds is 5. The maximum atomic E-state index is 12.4. The van der Waals surface area contributed by atoms with Crippen LogP contribution in [0.5, 0.6) is 5.75 Å². The van der Waals surface area contributed by atoms with Crippen molar-refractivity contribution in [3.8, 4) is 17.0 Å². The van der Waals surface area contributed by atoms with E-state index >= 15 is 0 Å². The molecule has 122 valence electrons. The van der Waals surface area contributed by atoms with Gasteiger partial charge in [0.2, 0.25) is 0 Å². The minimum Gasteiger partial charge on any atom is -0.497 e. The van der Waals surface area contributed by atoms with Crippen LogP contribution in [0.15, 0.2) is 48.5 Å². The zero-order chi connectivity index (χ0) is 16.9. The molecular formula is C17H15ClN4O2. The average Bonchev–Trinajstić information content (AvgIpc) is 3.10. The fourth-order valence-electron chi connectivity index (χ4n) is 2.24. The number of nitrogens with one attached hydrogen (secondary N) is 2. The SMILES string of the molecule is COc1ccc(-c2n[nH]nc2C(=O)NCc2ccccc2Cl)cc1. The Hall–Kier alpha value is -2.86. The molecule has 3 rings (SSSR count). The van der Waals surface area contributed by atoms with Crippen LogP contribution < -0.4 is 10.1 Å². The van der Waals surface area contributed by atoms with Crippen molar-refractivity contribution in [1.29, 1.82) is 0 Å². The first kappa shape index (κ1) is 16.0. The Morgan fingerprint density at radius 3 is 2.62 bits per heavy atom. The highest BCUT2D eigenvalue weighted by Gasteiger charge is 2.18. The van der Waals surface area contributed by atoms with Gasteiger partial charge in [0, 0.05) is 17.1 Å². The zero-order valence-corrected chi connectivity index (χ0v) is 13.7. The summed E-state index contributed by atoms with van der Waals surface area (Å²) in [5.41, 5.74) is 2.32. The fraction of sp³-hybridized carbons (Fsp3) is 0.118. The van der Waals surface area contributed by atoms with Crippen molar-refractivity contribution < 1.29 is 9.53 Å². The lowest BCUT2D eigenvalue weighted by Crippen LogP contribution is -2.24. The fourth-order valence-corrected chi connectivity index (χ4v) is 2.44. The van der Waals surface area contributed by atoms with Gasteiger partial charge in [0.05, 0.1) is 7.11 Å². The Balaban J connectivity index is 1.76. The Kier molecular flexibility index (Phi) is 4.77. The molecule has 0 radical (unpaired) electrons. The molecule has 7 heteroatoms. The third-order valence-electron chi connectivity index (χ3n) is 3.52. The van der Waals surface area contributed by atoms with E-state index in [1.54, 1.807) is 25.3 Å². The first-order chi connectivity index (χ1) is 11.7. The first-order valence-electron chi connectivity index (χ1n) is 7.26. The predicted octanol–water partition coefficient (Wildman–Crippen LogP) is 3.06. The van der Waals surface area contributed by atoms with Gasteiger partial charge < -0.3 is 10.1 Å². The van der Waals surface area contributed by atoms with E-state index in [1.165, 1.54) is 0 Å². The topological polar surface area (TPSA) is 79.9 Å². The predicted molar refractivity (Wildman–Crippen MR) is 91.0 cm³/mol. The summed E-state index contributed by atoms with van der Waals surface area (Å²) in [6, 6.07) is 14.6. The molecule has 1 amide bonds. The molecule has 6 nitrogen and oxygen atoms in total. The van der Waals surface area contributed by atoms with Gasteiger partial charge in [0.25, 0.3) is 5.91 Å². The second-order valence-corrected chi connectivity index (χ2v) is 5.43. The summed E-state index contributed by atoms with van der Waals surface area (Å²) < 4.78 is 5.13. The molecule has 0 spiro atoms. The van der Waals surface area contributed by atoms with Gasteiger partial charge in [-0.3, -0.25) is 4.79 Å². The van der Waals surface area contributed by atoms with Gasteiger partial charge in [-0.1, -0.05) is 29.8 Å². The maximum absolute atomic E-state index is 12.4. The molecule has 0 bridgehead atoms. The van der Waals surface area contributed by atoms with Crippen molar-refractivity contribution in [3.63, 3.8) is 0 Å². The number of hydrogen-bond donors (Lipinski definition) is 2. The lowest BCUT2D eigenvalue weighted by atomic mass is 10.1. The van der Waals surface area contributed by atoms with Crippen LogP contribution in [0.25, 0.3) is 11.3 Å². The second kappa shape index (κ2) is 7.14.